The third-order valence-electron chi connectivity index (χ3n) is 6.47. The topological polar surface area (TPSA) is 115 Å². The van der Waals surface area contributed by atoms with Gasteiger partial charge in [0.15, 0.2) is 5.69 Å². The Morgan fingerprint density at radius 3 is 2.53 bits per heavy atom. The number of hydrogen-bond acceptors (Lipinski definition) is 7. The van der Waals surface area contributed by atoms with Crippen molar-refractivity contribution in [3.63, 3.8) is 0 Å². The summed E-state index contributed by atoms with van der Waals surface area (Å²) in [5, 5.41) is -0.742. The molecule has 0 radical (unpaired) electrons. The van der Waals surface area contributed by atoms with Gasteiger partial charge in [0.25, 0.3) is 0 Å². The second kappa shape index (κ2) is 10.9. The molecular formula is C25H29N5O6S2. The van der Waals surface area contributed by atoms with E-state index in [1.165, 1.54) is 8.97 Å². The molecule has 2 saturated heterocycles. The summed E-state index contributed by atoms with van der Waals surface area (Å²) in [4.78, 5) is 45.7. The van der Waals surface area contributed by atoms with E-state index < -0.39 is 21.7 Å². The Labute approximate surface area is 227 Å². The Bertz CT molecular complexity index is 1450. The molecule has 0 N–H and O–H groups in total. The minimum absolute atomic E-state index is 0.0372. The van der Waals surface area contributed by atoms with Crippen LogP contribution in [0.25, 0.3) is 5.78 Å². The van der Waals surface area contributed by atoms with Crippen LogP contribution in [0.4, 0.5) is 5.82 Å². The van der Waals surface area contributed by atoms with Gasteiger partial charge in [0, 0.05) is 31.6 Å². The van der Waals surface area contributed by atoms with Crippen LogP contribution < -0.4 is 14.6 Å². The third kappa shape index (κ3) is 5.22. The van der Waals surface area contributed by atoms with Crippen LogP contribution in [0.15, 0.2) is 41.3 Å². The number of amides is 1. The van der Waals surface area contributed by atoms with Crippen molar-refractivity contribution in [1.29, 1.82) is 0 Å². The molecule has 4 heterocycles. The average Bonchev–Trinajstić information content (AvgIpc) is 3.46. The van der Waals surface area contributed by atoms with Crippen molar-refractivity contribution in [1.82, 2.24) is 18.9 Å². The maximum atomic E-state index is 13.8. The zero-order chi connectivity index (χ0) is 27.0. The van der Waals surface area contributed by atoms with E-state index in [2.05, 4.69) is 17.6 Å². The van der Waals surface area contributed by atoms with Gasteiger partial charge in [-0.05, 0) is 25.8 Å². The molecule has 13 heteroatoms. The number of imidazole rings is 1. The summed E-state index contributed by atoms with van der Waals surface area (Å²) in [6.07, 6.45) is 2.07. The number of carbonyl (C=O) groups excluding carboxylic acids is 2. The number of ether oxygens (including phenoxy) is 2. The second-order valence-corrected chi connectivity index (χ2v) is 11.4. The van der Waals surface area contributed by atoms with Gasteiger partial charge in [-0.1, -0.05) is 43.0 Å². The SMILES string of the molecule is CC1CN(C(=O)Cn2cc(N3CCCS3=O)n3c(=O)c(OCc4ccccc4)c(C(=O)S)nc23)C[C@H](C)O1. The minimum atomic E-state index is -1.35. The van der Waals surface area contributed by atoms with Crippen LogP contribution in [0.2, 0.25) is 0 Å². The first-order chi connectivity index (χ1) is 18.2. The second-order valence-electron chi connectivity index (χ2n) is 9.46. The highest BCUT2D eigenvalue weighted by Gasteiger charge is 2.31. The molecule has 3 aromatic rings. The number of carbonyl (C=O) groups is 2. The van der Waals surface area contributed by atoms with Crippen molar-refractivity contribution in [2.75, 3.05) is 29.7 Å². The number of rotatable bonds is 7. The van der Waals surface area contributed by atoms with Crippen molar-refractivity contribution in [2.45, 2.75) is 45.6 Å². The van der Waals surface area contributed by atoms with Crippen molar-refractivity contribution >= 4 is 46.2 Å². The zero-order valence-electron chi connectivity index (χ0n) is 21.1. The molecule has 0 bridgehead atoms. The lowest BCUT2D eigenvalue weighted by Crippen LogP contribution is -2.49. The maximum Gasteiger partial charge on any atom is 0.303 e. The van der Waals surface area contributed by atoms with E-state index in [9.17, 15) is 18.6 Å². The normalized spacial score (nSPS) is 21.7. The monoisotopic (exact) mass is 559 g/mol. The molecule has 2 fully saturated rings. The van der Waals surface area contributed by atoms with Crippen LogP contribution in [0, 0.1) is 0 Å². The van der Waals surface area contributed by atoms with E-state index in [4.69, 9.17) is 9.47 Å². The lowest BCUT2D eigenvalue weighted by Gasteiger charge is -2.35. The number of hydrogen-bond donors (Lipinski definition) is 1. The number of benzene rings is 1. The Kier molecular flexibility index (Phi) is 7.59. The largest absolute Gasteiger partial charge is 0.481 e. The number of nitrogens with zero attached hydrogens (tertiary/aromatic N) is 5. The van der Waals surface area contributed by atoms with Gasteiger partial charge in [-0.15, -0.1) is 0 Å². The Hall–Kier alpha value is -3.16. The molecule has 1 amide bonds. The summed E-state index contributed by atoms with van der Waals surface area (Å²) in [7, 11) is -1.35. The summed E-state index contributed by atoms with van der Waals surface area (Å²) in [5.74, 6) is 0.421. The maximum absolute atomic E-state index is 13.8. The molecule has 38 heavy (non-hydrogen) atoms. The summed E-state index contributed by atoms with van der Waals surface area (Å²) in [6, 6.07) is 9.20. The van der Waals surface area contributed by atoms with E-state index in [1.807, 2.05) is 44.2 Å². The average molecular weight is 560 g/mol. The third-order valence-corrected chi connectivity index (χ3v) is 8.18. The van der Waals surface area contributed by atoms with Gasteiger partial charge >= 0.3 is 5.56 Å². The Morgan fingerprint density at radius 2 is 1.89 bits per heavy atom. The van der Waals surface area contributed by atoms with Gasteiger partial charge in [-0.25, -0.2) is 13.6 Å². The van der Waals surface area contributed by atoms with Gasteiger partial charge in [0.2, 0.25) is 22.5 Å². The highest BCUT2D eigenvalue weighted by Crippen LogP contribution is 2.26. The first-order valence-corrected chi connectivity index (χ1v) is 14.1. The summed E-state index contributed by atoms with van der Waals surface area (Å²) >= 11 is 3.94. The van der Waals surface area contributed by atoms with Gasteiger partial charge in [0.05, 0.1) is 12.2 Å². The van der Waals surface area contributed by atoms with Crippen LogP contribution in [0.3, 0.4) is 0 Å². The lowest BCUT2D eigenvalue weighted by molar-refractivity contribution is -0.143. The molecule has 11 nitrogen and oxygen atoms in total. The molecule has 0 saturated carbocycles. The van der Waals surface area contributed by atoms with E-state index in [0.29, 0.717) is 37.6 Å². The molecule has 5 rings (SSSR count). The van der Waals surface area contributed by atoms with Crippen LogP contribution in [-0.4, -0.2) is 71.7 Å². The first-order valence-electron chi connectivity index (χ1n) is 12.4. The number of morpholine rings is 1. The van der Waals surface area contributed by atoms with Gasteiger partial charge in [-0.3, -0.25) is 18.7 Å². The van der Waals surface area contributed by atoms with Crippen molar-refractivity contribution < 1.29 is 23.3 Å². The molecule has 2 aromatic heterocycles. The summed E-state index contributed by atoms with van der Waals surface area (Å²) in [5.41, 5.74) is -0.0848. The van der Waals surface area contributed by atoms with Gasteiger partial charge in [0.1, 0.15) is 30.0 Å². The molecule has 0 aliphatic carbocycles. The fourth-order valence-electron chi connectivity index (χ4n) is 4.84. The minimum Gasteiger partial charge on any atom is -0.481 e. The molecule has 1 aromatic carbocycles. The Balaban J connectivity index is 1.59. The summed E-state index contributed by atoms with van der Waals surface area (Å²) < 4.78 is 28.7. The van der Waals surface area contributed by atoms with E-state index in [0.717, 1.165) is 5.56 Å². The number of thiol groups is 1. The number of aromatic nitrogens is 3. The molecule has 0 spiro atoms. The fraction of sp³-hybridized carbons (Fsp3) is 0.440. The van der Waals surface area contributed by atoms with E-state index in [1.54, 1.807) is 15.4 Å². The molecule has 202 valence electrons. The molecular weight excluding hydrogens is 530 g/mol. The van der Waals surface area contributed by atoms with Crippen molar-refractivity contribution in [2.24, 2.45) is 0 Å². The quantitative estimate of drug-likeness (QED) is 0.438. The van der Waals surface area contributed by atoms with E-state index >= 15 is 0 Å². The molecule has 2 aliphatic heterocycles. The highest BCUT2D eigenvalue weighted by atomic mass is 32.2. The van der Waals surface area contributed by atoms with Gasteiger partial charge in [-0.2, -0.15) is 0 Å². The molecule has 2 aliphatic rings. The molecule has 3 atom stereocenters. The predicted octanol–water partition coefficient (Wildman–Crippen LogP) is 1.65. The fourth-order valence-corrected chi connectivity index (χ4v) is 6.25. The van der Waals surface area contributed by atoms with Crippen LogP contribution in [0.1, 0.15) is 36.3 Å². The smallest absolute Gasteiger partial charge is 0.303 e. The summed E-state index contributed by atoms with van der Waals surface area (Å²) in [6.45, 7) is 5.08. The predicted molar refractivity (Wildman–Crippen MR) is 145 cm³/mol. The Morgan fingerprint density at radius 1 is 1.18 bits per heavy atom. The standard InChI is InChI=1S/C25H29N5O6S2/c1-16-11-27(12-17(2)36-16)20(31)14-28-13-19(29-9-6-10-38(29)34)30-23(32)22(21(24(33)37)26-25(28)30)35-15-18-7-4-3-5-8-18/h3-5,7-8,13,16-17H,6,9-12,14-15H2,1-2H3,(H,33,37)/t16-,17?,38?/m0/s1. The van der Waals surface area contributed by atoms with E-state index in [-0.39, 0.29) is 48.5 Å². The number of anilines is 1. The van der Waals surface area contributed by atoms with Crippen molar-refractivity contribution in [3.8, 4) is 5.75 Å². The van der Waals surface area contributed by atoms with Crippen LogP contribution in [-0.2, 0) is 33.7 Å². The first kappa shape index (κ1) is 26.4. The lowest BCUT2D eigenvalue weighted by atomic mass is 10.2. The molecule has 2 unspecified atom stereocenters. The van der Waals surface area contributed by atoms with Gasteiger partial charge < -0.3 is 18.9 Å². The van der Waals surface area contributed by atoms with Crippen molar-refractivity contribution in [3.05, 3.63) is 58.1 Å². The van der Waals surface area contributed by atoms with Crippen LogP contribution in [0.5, 0.6) is 5.75 Å². The van der Waals surface area contributed by atoms with Crippen LogP contribution >= 0.6 is 12.6 Å². The number of fused-ring (bicyclic) bond motifs is 1. The zero-order valence-corrected chi connectivity index (χ0v) is 22.8. The highest BCUT2D eigenvalue weighted by molar-refractivity contribution is 7.97.